The number of hydrogen-bond acceptors (Lipinski definition) is 5. The Bertz CT molecular complexity index is 589. The SMILES string of the molecule is CC=[N+](O[Si](C)(C)C(C)(C)C)O[Si](C)(C)C(C)(C)C.O=S(=O)([O-])C(F)(F)F. The summed E-state index contributed by atoms with van der Waals surface area (Å²) in [5, 5.41) is 0.343. The summed E-state index contributed by atoms with van der Waals surface area (Å²) in [6.45, 7) is 24.3. The lowest BCUT2D eigenvalue weighted by Crippen LogP contribution is -2.49. The molecule has 0 aromatic carbocycles. The van der Waals surface area contributed by atoms with Gasteiger partial charge in [0.25, 0.3) is 0 Å². The van der Waals surface area contributed by atoms with E-state index in [1.807, 2.05) is 13.1 Å². The third-order valence-electron chi connectivity index (χ3n) is 4.74. The van der Waals surface area contributed by atoms with Gasteiger partial charge < -0.3 is 13.6 Å². The van der Waals surface area contributed by atoms with E-state index in [0.717, 1.165) is 0 Å². The van der Waals surface area contributed by atoms with Gasteiger partial charge in [-0.2, -0.15) is 13.2 Å². The van der Waals surface area contributed by atoms with Crippen LogP contribution in [0.1, 0.15) is 48.5 Å². The third kappa shape index (κ3) is 9.43. The lowest BCUT2D eigenvalue weighted by molar-refractivity contribution is -0.920. The minimum atomic E-state index is -6.09. The molecule has 0 heterocycles. The summed E-state index contributed by atoms with van der Waals surface area (Å²) in [4.78, 5) is 1.63. The number of nitrogens with zero attached hydrogens (tertiary/aromatic N) is 1. The third-order valence-corrected chi connectivity index (χ3v) is 13.8. The van der Waals surface area contributed by atoms with E-state index >= 15 is 0 Å². The molecular formula is C15H34F3NO5SSi2. The molecule has 0 N–H and O–H groups in total. The molecule has 0 rings (SSSR count). The molecule has 12 heteroatoms. The zero-order valence-electron chi connectivity index (χ0n) is 18.1. The molecule has 0 aromatic rings. The second-order valence-corrected chi connectivity index (χ2v) is 19.9. The van der Waals surface area contributed by atoms with Crippen molar-refractivity contribution in [2.45, 2.75) is 90.2 Å². The van der Waals surface area contributed by atoms with Gasteiger partial charge in [-0.25, -0.2) is 8.42 Å². The Labute approximate surface area is 163 Å². The Morgan fingerprint density at radius 3 is 1.19 bits per heavy atom. The molecule has 0 aliphatic heterocycles. The Morgan fingerprint density at radius 1 is 0.852 bits per heavy atom. The average Bonchev–Trinajstić information content (AvgIpc) is 2.32. The molecular weight excluding hydrogens is 419 g/mol. The molecule has 0 aromatic heterocycles. The second kappa shape index (κ2) is 8.83. The van der Waals surface area contributed by atoms with Crippen LogP contribution in [0.5, 0.6) is 0 Å². The van der Waals surface area contributed by atoms with Gasteiger partial charge >= 0.3 is 22.1 Å². The van der Waals surface area contributed by atoms with E-state index in [-0.39, 0.29) is 10.1 Å². The zero-order chi connectivity index (χ0) is 22.7. The predicted molar refractivity (Wildman–Crippen MR) is 104 cm³/mol. The van der Waals surface area contributed by atoms with Gasteiger partial charge in [0.1, 0.15) is 0 Å². The van der Waals surface area contributed by atoms with Gasteiger partial charge in [0.05, 0.1) is 0 Å². The fraction of sp³-hybridized carbons (Fsp3) is 0.933. The van der Waals surface area contributed by atoms with Crippen molar-refractivity contribution in [3.63, 3.8) is 0 Å². The van der Waals surface area contributed by atoms with Crippen molar-refractivity contribution in [1.82, 2.24) is 0 Å². The zero-order valence-corrected chi connectivity index (χ0v) is 20.9. The Hall–Kier alpha value is -0.596. The normalized spacial score (nSPS) is 14.0. The van der Waals surface area contributed by atoms with Crippen LogP contribution in [0.25, 0.3) is 0 Å². The van der Waals surface area contributed by atoms with Gasteiger partial charge in [-0.05, 0) is 36.3 Å². The first-order valence-corrected chi connectivity index (χ1v) is 15.6. The van der Waals surface area contributed by atoms with Crippen LogP contribution in [0.15, 0.2) is 0 Å². The summed E-state index contributed by atoms with van der Waals surface area (Å²) in [7, 11) is -9.80. The Kier molecular flexibility index (Phi) is 9.35. The molecule has 0 atom stereocenters. The van der Waals surface area contributed by atoms with Gasteiger partial charge in [0, 0.05) is 6.92 Å². The molecule has 0 spiro atoms. The summed E-state index contributed by atoms with van der Waals surface area (Å²) in [5.74, 6) is 0. The maximum Gasteiger partial charge on any atom is 0.485 e. The predicted octanol–water partition coefficient (Wildman–Crippen LogP) is 5.01. The first-order valence-electron chi connectivity index (χ1n) is 8.38. The molecule has 0 saturated carbocycles. The van der Waals surface area contributed by atoms with Crippen molar-refractivity contribution in [3.05, 3.63) is 0 Å². The molecule has 0 radical (unpaired) electrons. The lowest BCUT2D eigenvalue weighted by Gasteiger charge is -2.34. The van der Waals surface area contributed by atoms with Gasteiger partial charge in [-0.3, -0.25) is 0 Å². The van der Waals surface area contributed by atoms with E-state index in [0.29, 0.717) is 0 Å². The highest BCUT2D eigenvalue weighted by atomic mass is 32.2. The van der Waals surface area contributed by atoms with Crippen LogP contribution in [-0.4, -0.2) is 46.2 Å². The van der Waals surface area contributed by atoms with Crippen molar-refractivity contribution >= 4 is 33.0 Å². The molecule has 27 heavy (non-hydrogen) atoms. The van der Waals surface area contributed by atoms with Crippen LogP contribution >= 0.6 is 0 Å². The number of alkyl halides is 3. The van der Waals surface area contributed by atoms with E-state index < -0.39 is 32.3 Å². The minimum absolute atomic E-state index is 0.172. The van der Waals surface area contributed by atoms with Gasteiger partial charge in [0.2, 0.25) is 6.21 Å². The van der Waals surface area contributed by atoms with Crippen LogP contribution < -0.4 is 0 Å². The second-order valence-electron chi connectivity index (χ2n) is 9.15. The maximum absolute atomic E-state index is 10.7. The van der Waals surface area contributed by atoms with E-state index in [9.17, 15) is 13.2 Å². The molecule has 0 aliphatic rings. The quantitative estimate of drug-likeness (QED) is 0.196. The summed E-state index contributed by atoms with van der Waals surface area (Å²) in [6.07, 6.45) is 1.89. The average molecular weight is 454 g/mol. The lowest BCUT2D eigenvalue weighted by atomic mass is 10.2. The highest BCUT2D eigenvalue weighted by Gasteiger charge is 2.49. The van der Waals surface area contributed by atoms with Crippen LogP contribution in [-0.2, 0) is 19.2 Å². The highest BCUT2D eigenvalue weighted by molar-refractivity contribution is 7.86. The summed E-state index contributed by atoms with van der Waals surface area (Å²) in [5.41, 5.74) is -5.65. The number of halogens is 3. The maximum atomic E-state index is 10.7. The molecule has 0 unspecified atom stereocenters. The Balaban J connectivity index is 0. The smallest absolute Gasteiger partial charge is 0.485 e. The summed E-state index contributed by atoms with van der Waals surface area (Å²) < 4.78 is 71.3. The monoisotopic (exact) mass is 453 g/mol. The first kappa shape index (κ1) is 28.6. The summed E-state index contributed by atoms with van der Waals surface area (Å²) >= 11 is 0. The minimum Gasteiger partial charge on any atom is -0.741 e. The van der Waals surface area contributed by atoms with Crippen molar-refractivity contribution in [3.8, 4) is 0 Å². The van der Waals surface area contributed by atoms with Crippen molar-refractivity contribution in [2.75, 3.05) is 0 Å². The highest BCUT2D eigenvalue weighted by Crippen LogP contribution is 2.39. The molecule has 6 nitrogen and oxygen atoms in total. The topological polar surface area (TPSA) is 78.7 Å². The molecule has 0 saturated heterocycles. The number of rotatable bonds is 4. The Morgan fingerprint density at radius 2 is 1.07 bits per heavy atom. The first-order chi connectivity index (χ1) is 11.4. The van der Waals surface area contributed by atoms with Crippen molar-refractivity contribution in [2.24, 2.45) is 0 Å². The van der Waals surface area contributed by atoms with Crippen molar-refractivity contribution < 1.29 is 40.1 Å². The molecule has 0 bridgehead atoms. The molecule has 0 amide bonds. The molecule has 0 fully saturated rings. The molecule has 164 valence electrons. The number of hydrogen-bond donors (Lipinski definition) is 0. The molecule has 0 aliphatic carbocycles. The van der Waals surface area contributed by atoms with Crippen LogP contribution in [0, 0.1) is 0 Å². The van der Waals surface area contributed by atoms with Crippen LogP contribution in [0.2, 0.25) is 36.3 Å². The fourth-order valence-corrected chi connectivity index (χ4v) is 2.66. The van der Waals surface area contributed by atoms with E-state index in [1.54, 1.807) is 4.90 Å². The fourth-order valence-electron chi connectivity index (χ4n) is 0.848. The van der Waals surface area contributed by atoms with Gasteiger partial charge in [-0.15, -0.1) is 0 Å². The summed E-state index contributed by atoms with van der Waals surface area (Å²) in [6, 6.07) is 0. The standard InChI is InChI=1S/C14H34NO2Si2.CHF3O3S/c1-12-15(16-18(8,9)13(2,3)4)17-19(10,11)14(5,6)7;2-1(3,4)8(5,6)7/h12H,1-11H3;(H,5,6,7)/q+1;/p-1. The van der Waals surface area contributed by atoms with Gasteiger partial charge in [0.15, 0.2) is 15.0 Å². The van der Waals surface area contributed by atoms with E-state index in [1.165, 1.54) is 0 Å². The van der Waals surface area contributed by atoms with Crippen LogP contribution in [0.4, 0.5) is 13.2 Å². The largest absolute Gasteiger partial charge is 0.741 e. The van der Waals surface area contributed by atoms with Crippen LogP contribution in [0.3, 0.4) is 0 Å². The van der Waals surface area contributed by atoms with Crippen molar-refractivity contribution in [1.29, 1.82) is 0 Å². The van der Waals surface area contributed by atoms with E-state index in [2.05, 4.69) is 67.7 Å². The van der Waals surface area contributed by atoms with Gasteiger partial charge in [-0.1, -0.05) is 41.5 Å². The van der Waals surface area contributed by atoms with E-state index in [4.69, 9.17) is 22.0 Å².